The Morgan fingerprint density at radius 2 is 2.10 bits per heavy atom. The molecule has 1 atom stereocenters. The Morgan fingerprint density at radius 1 is 1.30 bits per heavy atom. The van der Waals surface area contributed by atoms with Crippen LogP contribution in [0.1, 0.15) is 5.56 Å². The van der Waals surface area contributed by atoms with E-state index in [0.29, 0.717) is 6.54 Å². The number of sulfone groups is 1. The van der Waals surface area contributed by atoms with Crippen molar-refractivity contribution in [2.24, 2.45) is 0 Å². The third-order valence-electron chi connectivity index (χ3n) is 3.20. The average Bonchev–Trinajstić information content (AvgIpc) is 3.06. The summed E-state index contributed by atoms with van der Waals surface area (Å²) in [7, 11) is -2.99. The molecule has 0 amide bonds. The molecule has 2 heterocycles. The summed E-state index contributed by atoms with van der Waals surface area (Å²) in [5.41, 5.74) is 2.11. The van der Waals surface area contributed by atoms with Crippen molar-refractivity contribution in [3.63, 3.8) is 0 Å². The van der Waals surface area contributed by atoms with Crippen LogP contribution in [-0.2, 0) is 16.4 Å². The van der Waals surface area contributed by atoms with E-state index in [4.69, 9.17) is 0 Å². The Hall–Kier alpha value is -1.92. The van der Waals surface area contributed by atoms with E-state index >= 15 is 0 Å². The van der Waals surface area contributed by atoms with E-state index in [1.807, 2.05) is 36.5 Å². The predicted octanol–water partition coefficient (Wildman–Crippen LogP) is 1.27. The molecule has 0 bridgehead atoms. The second-order valence-corrected chi connectivity index (χ2v) is 6.69. The van der Waals surface area contributed by atoms with E-state index in [1.165, 1.54) is 5.41 Å². The van der Waals surface area contributed by atoms with E-state index in [-0.39, 0.29) is 11.8 Å². The zero-order chi connectivity index (χ0) is 14.0. The molecule has 1 aromatic carbocycles. The molecule has 0 saturated heterocycles. The molecule has 1 aliphatic rings. The number of benzene rings is 1. The molecule has 0 fully saturated rings. The third kappa shape index (κ3) is 2.97. The lowest BCUT2D eigenvalue weighted by Gasteiger charge is -2.10. The summed E-state index contributed by atoms with van der Waals surface area (Å²) in [6, 6.07) is 9.79. The molecule has 20 heavy (non-hydrogen) atoms. The second-order valence-electron chi connectivity index (χ2n) is 4.76. The second kappa shape index (κ2) is 5.22. The first-order chi connectivity index (χ1) is 9.62. The van der Waals surface area contributed by atoms with Gasteiger partial charge in [-0.3, -0.25) is 0 Å². The van der Waals surface area contributed by atoms with Gasteiger partial charge in [-0.15, -0.1) is 0 Å². The van der Waals surface area contributed by atoms with E-state index in [2.05, 4.69) is 10.4 Å². The standard InChI is InChI=1S/C14H15N3O2S/c18-20(19)9-6-13(11-20)15-10-12-2-4-14(5-3-12)17-8-1-7-16-17/h1-9,13,15H,10-11H2. The predicted molar refractivity (Wildman–Crippen MR) is 77.1 cm³/mol. The molecule has 1 unspecified atom stereocenters. The number of hydrogen-bond acceptors (Lipinski definition) is 4. The van der Waals surface area contributed by atoms with Crippen molar-refractivity contribution in [3.05, 3.63) is 59.8 Å². The first-order valence-corrected chi connectivity index (χ1v) is 8.07. The molecule has 0 radical (unpaired) electrons. The fourth-order valence-electron chi connectivity index (χ4n) is 2.14. The molecule has 1 N–H and O–H groups in total. The van der Waals surface area contributed by atoms with Gasteiger partial charge in [-0.25, -0.2) is 13.1 Å². The van der Waals surface area contributed by atoms with Gasteiger partial charge in [0.05, 0.1) is 11.4 Å². The quantitative estimate of drug-likeness (QED) is 0.920. The molecule has 1 aliphatic heterocycles. The molecular formula is C14H15N3O2S. The van der Waals surface area contributed by atoms with E-state index in [1.54, 1.807) is 17.0 Å². The van der Waals surface area contributed by atoms with Gasteiger partial charge in [0.25, 0.3) is 0 Å². The first-order valence-electron chi connectivity index (χ1n) is 6.36. The summed E-state index contributed by atoms with van der Waals surface area (Å²) < 4.78 is 24.4. The van der Waals surface area contributed by atoms with Crippen molar-refractivity contribution in [2.45, 2.75) is 12.6 Å². The minimum Gasteiger partial charge on any atom is -0.305 e. The topological polar surface area (TPSA) is 64.0 Å². The number of rotatable bonds is 4. The Kier molecular flexibility index (Phi) is 3.42. The number of aromatic nitrogens is 2. The maximum Gasteiger partial charge on any atom is 0.173 e. The third-order valence-corrected chi connectivity index (χ3v) is 4.60. The van der Waals surface area contributed by atoms with E-state index in [9.17, 15) is 8.42 Å². The summed E-state index contributed by atoms with van der Waals surface area (Å²) in [6.07, 6.45) is 5.33. The highest BCUT2D eigenvalue weighted by Gasteiger charge is 2.20. The van der Waals surface area contributed by atoms with Crippen LogP contribution in [0, 0.1) is 0 Å². The van der Waals surface area contributed by atoms with Crippen molar-refractivity contribution in [3.8, 4) is 5.69 Å². The molecular weight excluding hydrogens is 274 g/mol. The monoisotopic (exact) mass is 289 g/mol. The van der Waals surface area contributed by atoms with Gasteiger partial charge in [-0.05, 0) is 23.8 Å². The maximum absolute atomic E-state index is 11.3. The number of nitrogens with zero attached hydrogens (tertiary/aromatic N) is 2. The van der Waals surface area contributed by atoms with E-state index < -0.39 is 9.84 Å². The highest BCUT2D eigenvalue weighted by molar-refractivity contribution is 7.94. The first kappa shape index (κ1) is 13.1. The van der Waals surface area contributed by atoms with Crippen LogP contribution in [0.15, 0.2) is 54.2 Å². The fourth-order valence-corrected chi connectivity index (χ4v) is 3.41. The van der Waals surface area contributed by atoms with Crippen molar-refractivity contribution >= 4 is 9.84 Å². The summed E-state index contributed by atoms with van der Waals surface area (Å²) in [4.78, 5) is 0. The Balaban J connectivity index is 1.61. The van der Waals surface area contributed by atoms with Gasteiger partial charge in [0.1, 0.15) is 0 Å². The molecule has 3 rings (SSSR count). The summed E-state index contributed by atoms with van der Waals surface area (Å²) in [6.45, 7) is 0.643. The molecule has 0 saturated carbocycles. The van der Waals surface area contributed by atoms with Crippen LogP contribution in [0.5, 0.6) is 0 Å². The van der Waals surface area contributed by atoms with Crippen molar-refractivity contribution in [1.29, 1.82) is 0 Å². The molecule has 5 nitrogen and oxygen atoms in total. The largest absolute Gasteiger partial charge is 0.305 e. The maximum atomic E-state index is 11.3. The van der Waals surface area contributed by atoms with Gasteiger partial charge in [-0.1, -0.05) is 18.2 Å². The van der Waals surface area contributed by atoms with Crippen LogP contribution in [0.3, 0.4) is 0 Å². The molecule has 0 aliphatic carbocycles. The normalized spacial score (nSPS) is 20.3. The van der Waals surface area contributed by atoms with Crippen LogP contribution < -0.4 is 5.32 Å². The Labute approximate surface area is 117 Å². The molecule has 2 aromatic rings. The van der Waals surface area contributed by atoms with Crippen LogP contribution in [0.4, 0.5) is 0 Å². The molecule has 104 valence electrons. The van der Waals surface area contributed by atoms with E-state index in [0.717, 1.165) is 11.3 Å². The smallest absolute Gasteiger partial charge is 0.173 e. The van der Waals surface area contributed by atoms with Crippen LogP contribution in [-0.4, -0.2) is 30.0 Å². The molecule has 1 aromatic heterocycles. The van der Waals surface area contributed by atoms with Crippen LogP contribution in [0.25, 0.3) is 5.69 Å². The zero-order valence-electron chi connectivity index (χ0n) is 10.8. The van der Waals surface area contributed by atoms with Crippen molar-refractivity contribution in [1.82, 2.24) is 15.1 Å². The van der Waals surface area contributed by atoms with Gasteiger partial charge in [0.15, 0.2) is 9.84 Å². The van der Waals surface area contributed by atoms with Crippen LogP contribution in [0.2, 0.25) is 0 Å². The molecule has 6 heteroatoms. The Bertz CT molecular complexity index is 703. The summed E-state index contributed by atoms with van der Waals surface area (Å²) >= 11 is 0. The highest BCUT2D eigenvalue weighted by Crippen LogP contribution is 2.11. The lowest BCUT2D eigenvalue weighted by molar-refractivity contribution is 0.590. The zero-order valence-corrected chi connectivity index (χ0v) is 11.6. The minimum atomic E-state index is -2.99. The summed E-state index contributed by atoms with van der Waals surface area (Å²) in [5.74, 6) is 0.151. The van der Waals surface area contributed by atoms with Gasteiger partial charge in [-0.2, -0.15) is 5.10 Å². The lowest BCUT2D eigenvalue weighted by Crippen LogP contribution is -2.29. The van der Waals surface area contributed by atoms with Gasteiger partial charge in [0.2, 0.25) is 0 Å². The molecule has 0 spiro atoms. The number of nitrogens with one attached hydrogen (secondary N) is 1. The highest BCUT2D eigenvalue weighted by atomic mass is 32.2. The van der Waals surface area contributed by atoms with Gasteiger partial charge in [0, 0.05) is 30.4 Å². The number of hydrogen-bond donors (Lipinski definition) is 1. The average molecular weight is 289 g/mol. The van der Waals surface area contributed by atoms with Crippen molar-refractivity contribution < 1.29 is 8.42 Å². The SMILES string of the molecule is O=S1(=O)C=CC(NCc2ccc(-n3cccn3)cc2)C1. The lowest BCUT2D eigenvalue weighted by atomic mass is 10.2. The van der Waals surface area contributed by atoms with Crippen LogP contribution >= 0.6 is 0 Å². The van der Waals surface area contributed by atoms with Gasteiger partial charge >= 0.3 is 0 Å². The fraction of sp³-hybridized carbons (Fsp3) is 0.214. The Morgan fingerprint density at radius 3 is 2.70 bits per heavy atom. The summed E-state index contributed by atoms with van der Waals surface area (Å²) in [5, 5.41) is 8.67. The van der Waals surface area contributed by atoms with Crippen molar-refractivity contribution in [2.75, 3.05) is 5.75 Å². The minimum absolute atomic E-state index is 0.0919. The van der Waals surface area contributed by atoms with Gasteiger partial charge < -0.3 is 5.32 Å².